The number of hydrogen-bond acceptors (Lipinski definition) is 5. The van der Waals surface area contributed by atoms with Crippen LogP contribution in [0.4, 0.5) is 10.6 Å². The van der Waals surface area contributed by atoms with E-state index in [2.05, 4.69) is 15.5 Å². The molecule has 2 heterocycles. The normalized spacial score (nSPS) is 21.3. The first-order valence-corrected chi connectivity index (χ1v) is 8.10. The maximum Gasteiger partial charge on any atom is 0.410 e. The van der Waals surface area contributed by atoms with Crippen molar-refractivity contribution in [2.45, 2.75) is 52.2 Å². The summed E-state index contributed by atoms with van der Waals surface area (Å²) in [7, 11) is 1.51. The third-order valence-corrected chi connectivity index (χ3v) is 4.03. The van der Waals surface area contributed by atoms with Crippen molar-refractivity contribution in [3.8, 4) is 5.75 Å². The summed E-state index contributed by atoms with van der Waals surface area (Å²) in [5.74, 6) is 0.400. The Morgan fingerprint density at radius 2 is 2.12 bits per heavy atom. The molecule has 0 bridgehead atoms. The Kier molecular flexibility index (Phi) is 5.36. The lowest BCUT2D eigenvalue weighted by Crippen LogP contribution is -2.51. The number of piperidine rings is 1. The molecule has 24 heavy (non-hydrogen) atoms. The maximum absolute atomic E-state index is 12.6. The highest BCUT2D eigenvalue weighted by Crippen LogP contribution is 2.28. The molecule has 0 radical (unpaired) electrons. The van der Waals surface area contributed by atoms with Gasteiger partial charge in [-0.2, -0.15) is 5.10 Å². The summed E-state index contributed by atoms with van der Waals surface area (Å²) in [6.07, 6.45) is 2.57. The first-order chi connectivity index (χ1) is 11.2. The Morgan fingerprint density at radius 3 is 2.75 bits per heavy atom. The highest BCUT2D eigenvalue weighted by molar-refractivity contribution is 5.93. The van der Waals surface area contributed by atoms with Gasteiger partial charge >= 0.3 is 6.09 Å². The van der Waals surface area contributed by atoms with E-state index in [-0.39, 0.29) is 24.0 Å². The standard InChI is InChI=1S/C16H26N4O4/c1-10-11(14(21)18-13-12(23-5)9-17-19-13)7-6-8-20(10)15(22)24-16(2,3)4/h9-11H,6-8H2,1-5H3,(H2,17,18,19,21)/t10-,11-/m1/s1. The second-order valence-corrected chi connectivity index (χ2v) is 6.97. The lowest BCUT2D eigenvalue weighted by molar-refractivity contribution is -0.123. The van der Waals surface area contributed by atoms with Crippen molar-refractivity contribution in [1.82, 2.24) is 15.1 Å². The number of carbonyl (C=O) groups is 2. The minimum Gasteiger partial charge on any atom is -0.491 e. The van der Waals surface area contributed by atoms with Crippen LogP contribution >= 0.6 is 0 Å². The van der Waals surface area contributed by atoms with Crippen LogP contribution in [0.15, 0.2) is 6.20 Å². The Morgan fingerprint density at radius 1 is 1.42 bits per heavy atom. The molecule has 0 aromatic carbocycles. The molecule has 2 N–H and O–H groups in total. The van der Waals surface area contributed by atoms with Crippen LogP contribution < -0.4 is 10.1 Å². The van der Waals surface area contributed by atoms with Gasteiger partial charge in [0.15, 0.2) is 11.6 Å². The number of nitrogens with zero attached hydrogens (tertiary/aromatic N) is 2. The predicted molar refractivity (Wildman–Crippen MR) is 88.9 cm³/mol. The number of rotatable bonds is 3. The van der Waals surface area contributed by atoms with Gasteiger partial charge in [0.1, 0.15) is 5.60 Å². The fourth-order valence-electron chi connectivity index (χ4n) is 2.81. The van der Waals surface area contributed by atoms with Crippen molar-refractivity contribution in [1.29, 1.82) is 0 Å². The number of likely N-dealkylation sites (tertiary alicyclic amines) is 1. The van der Waals surface area contributed by atoms with Crippen LogP contribution in [0.5, 0.6) is 5.75 Å². The second-order valence-electron chi connectivity index (χ2n) is 6.97. The number of aromatic amines is 1. The molecular formula is C16H26N4O4. The number of methoxy groups -OCH3 is 1. The van der Waals surface area contributed by atoms with E-state index in [4.69, 9.17) is 9.47 Å². The van der Waals surface area contributed by atoms with Crippen LogP contribution in [-0.4, -0.2) is 52.4 Å². The fourth-order valence-corrected chi connectivity index (χ4v) is 2.81. The van der Waals surface area contributed by atoms with Gasteiger partial charge in [-0.05, 0) is 40.5 Å². The molecule has 2 atom stereocenters. The van der Waals surface area contributed by atoms with Gasteiger partial charge in [-0.1, -0.05) is 0 Å². The van der Waals surface area contributed by atoms with Crippen LogP contribution in [0.2, 0.25) is 0 Å². The summed E-state index contributed by atoms with van der Waals surface area (Å²) in [4.78, 5) is 26.6. The van der Waals surface area contributed by atoms with E-state index in [9.17, 15) is 9.59 Å². The van der Waals surface area contributed by atoms with Crippen molar-refractivity contribution in [2.75, 3.05) is 19.0 Å². The van der Waals surface area contributed by atoms with E-state index >= 15 is 0 Å². The molecule has 1 aliphatic heterocycles. The number of amides is 2. The zero-order valence-electron chi connectivity index (χ0n) is 14.9. The third-order valence-electron chi connectivity index (χ3n) is 4.03. The van der Waals surface area contributed by atoms with E-state index in [0.29, 0.717) is 24.5 Å². The number of nitrogens with one attached hydrogen (secondary N) is 2. The number of hydrogen-bond donors (Lipinski definition) is 2. The van der Waals surface area contributed by atoms with Gasteiger partial charge in [-0.25, -0.2) is 4.79 Å². The number of carbonyl (C=O) groups excluding carboxylic acids is 2. The molecule has 0 spiro atoms. The maximum atomic E-state index is 12.6. The quantitative estimate of drug-likeness (QED) is 0.882. The van der Waals surface area contributed by atoms with E-state index in [1.165, 1.54) is 13.3 Å². The van der Waals surface area contributed by atoms with Crippen molar-refractivity contribution in [3.63, 3.8) is 0 Å². The predicted octanol–water partition coefficient (Wildman–Crippen LogP) is 2.39. The van der Waals surface area contributed by atoms with Crippen LogP contribution in [0.1, 0.15) is 40.5 Å². The summed E-state index contributed by atoms with van der Waals surface area (Å²) in [5, 5.41) is 9.33. The Bertz CT molecular complexity index is 593. The average molecular weight is 338 g/mol. The van der Waals surface area contributed by atoms with Gasteiger partial charge in [0.2, 0.25) is 5.91 Å². The van der Waals surface area contributed by atoms with Crippen LogP contribution in [0.25, 0.3) is 0 Å². The van der Waals surface area contributed by atoms with Crippen molar-refractivity contribution in [3.05, 3.63) is 6.20 Å². The summed E-state index contributed by atoms with van der Waals surface area (Å²) in [5.41, 5.74) is -0.560. The molecule has 2 rings (SSSR count). The smallest absolute Gasteiger partial charge is 0.410 e. The van der Waals surface area contributed by atoms with Gasteiger partial charge < -0.3 is 19.7 Å². The second kappa shape index (κ2) is 7.11. The number of anilines is 1. The summed E-state index contributed by atoms with van der Waals surface area (Å²) < 4.78 is 10.6. The zero-order valence-corrected chi connectivity index (χ0v) is 14.9. The highest BCUT2D eigenvalue weighted by Gasteiger charge is 2.37. The first-order valence-electron chi connectivity index (χ1n) is 8.10. The molecular weight excluding hydrogens is 312 g/mol. The number of H-pyrrole nitrogens is 1. The SMILES string of the molecule is COc1cn[nH]c1NC(=O)[C@@H]1CCCN(C(=O)OC(C)(C)C)[C@@H]1C. The molecule has 1 aromatic heterocycles. The average Bonchev–Trinajstić information content (AvgIpc) is 2.92. The molecule has 0 saturated carbocycles. The van der Waals surface area contributed by atoms with Gasteiger partial charge in [0.25, 0.3) is 0 Å². The van der Waals surface area contributed by atoms with Crippen LogP contribution in [0.3, 0.4) is 0 Å². The van der Waals surface area contributed by atoms with Gasteiger partial charge in [-0.15, -0.1) is 0 Å². The molecule has 1 aromatic rings. The van der Waals surface area contributed by atoms with Crippen molar-refractivity contribution in [2.24, 2.45) is 5.92 Å². The molecule has 8 nitrogen and oxygen atoms in total. The minimum atomic E-state index is -0.560. The summed E-state index contributed by atoms with van der Waals surface area (Å²) >= 11 is 0. The van der Waals surface area contributed by atoms with Gasteiger partial charge in [0.05, 0.1) is 19.2 Å². The molecule has 2 amide bonds. The molecule has 1 aliphatic rings. The third kappa shape index (κ3) is 4.18. The van der Waals surface area contributed by atoms with E-state index < -0.39 is 5.60 Å². The molecule has 8 heteroatoms. The summed E-state index contributed by atoms with van der Waals surface area (Å²) in [6.45, 7) is 7.95. The summed E-state index contributed by atoms with van der Waals surface area (Å²) in [6, 6.07) is -0.248. The fraction of sp³-hybridized carbons (Fsp3) is 0.688. The van der Waals surface area contributed by atoms with E-state index in [1.807, 2.05) is 27.7 Å². The Labute approximate surface area is 141 Å². The first kappa shape index (κ1) is 18.1. The van der Waals surface area contributed by atoms with E-state index in [0.717, 1.165) is 6.42 Å². The number of ether oxygens (including phenoxy) is 2. The zero-order chi connectivity index (χ0) is 17.9. The largest absolute Gasteiger partial charge is 0.491 e. The topological polar surface area (TPSA) is 96.5 Å². The lowest BCUT2D eigenvalue weighted by Gasteiger charge is -2.39. The minimum absolute atomic E-state index is 0.168. The van der Waals surface area contributed by atoms with Gasteiger partial charge in [-0.3, -0.25) is 9.89 Å². The molecule has 134 valence electrons. The van der Waals surface area contributed by atoms with Gasteiger partial charge in [0, 0.05) is 12.6 Å². The van der Waals surface area contributed by atoms with Crippen LogP contribution in [-0.2, 0) is 9.53 Å². The van der Waals surface area contributed by atoms with Crippen molar-refractivity contribution < 1.29 is 19.1 Å². The highest BCUT2D eigenvalue weighted by atomic mass is 16.6. The Hall–Kier alpha value is -2.25. The van der Waals surface area contributed by atoms with Crippen LogP contribution in [0, 0.1) is 5.92 Å². The molecule has 0 unspecified atom stereocenters. The molecule has 1 fully saturated rings. The Balaban J connectivity index is 2.05. The van der Waals surface area contributed by atoms with Crippen molar-refractivity contribution >= 4 is 17.8 Å². The molecule has 0 aliphatic carbocycles. The lowest BCUT2D eigenvalue weighted by atomic mass is 9.89. The van der Waals surface area contributed by atoms with E-state index in [1.54, 1.807) is 4.90 Å². The number of aromatic nitrogens is 2. The molecule has 1 saturated heterocycles. The monoisotopic (exact) mass is 338 g/mol.